The van der Waals surface area contributed by atoms with E-state index in [9.17, 15) is 0 Å². The molecular weight excluding hydrogens is 336 g/mol. The van der Waals surface area contributed by atoms with E-state index in [1.54, 1.807) is 7.11 Å². The number of halogens is 1. The summed E-state index contributed by atoms with van der Waals surface area (Å²) in [6, 6.07) is 7.62. The fraction of sp³-hybridized carbons (Fsp3) is 0.632. The molecule has 2 fully saturated rings. The Bertz CT molecular complexity index is 617. The van der Waals surface area contributed by atoms with Crippen molar-refractivity contribution in [2.45, 2.75) is 57.8 Å². The van der Waals surface area contributed by atoms with E-state index in [1.165, 1.54) is 19.3 Å². The van der Waals surface area contributed by atoms with Crippen LogP contribution in [-0.2, 0) is 6.54 Å². The van der Waals surface area contributed by atoms with E-state index in [-0.39, 0.29) is 0 Å². The molecule has 1 saturated carbocycles. The first-order chi connectivity index (χ1) is 12.1. The second kappa shape index (κ2) is 8.28. The summed E-state index contributed by atoms with van der Waals surface area (Å²) < 4.78 is 5.41. The van der Waals surface area contributed by atoms with Crippen molar-refractivity contribution < 1.29 is 4.74 Å². The molecule has 1 saturated heterocycles. The maximum atomic E-state index is 6.03. The number of guanidine groups is 1. The van der Waals surface area contributed by atoms with Gasteiger partial charge in [0.05, 0.1) is 13.7 Å². The Labute approximate surface area is 155 Å². The monoisotopic (exact) mass is 364 g/mol. The van der Waals surface area contributed by atoms with Crippen molar-refractivity contribution in [2.24, 2.45) is 4.99 Å². The van der Waals surface area contributed by atoms with Gasteiger partial charge < -0.3 is 15.4 Å². The maximum absolute atomic E-state index is 6.03. The van der Waals surface area contributed by atoms with Gasteiger partial charge in [0, 0.05) is 41.8 Å². The van der Waals surface area contributed by atoms with Crippen LogP contribution in [-0.4, -0.2) is 49.2 Å². The zero-order valence-electron chi connectivity index (χ0n) is 15.4. The second-order valence-corrected chi connectivity index (χ2v) is 7.44. The number of nitrogens with zero attached hydrogens (tertiary/aromatic N) is 2. The van der Waals surface area contributed by atoms with Gasteiger partial charge in [-0.15, -0.1) is 0 Å². The first-order valence-corrected chi connectivity index (χ1v) is 9.61. The molecule has 138 valence electrons. The predicted molar refractivity (Wildman–Crippen MR) is 104 cm³/mol. The molecule has 1 aromatic rings. The lowest BCUT2D eigenvalue weighted by Crippen LogP contribution is -2.44. The first-order valence-electron chi connectivity index (χ1n) is 9.23. The molecule has 0 amide bonds. The van der Waals surface area contributed by atoms with Gasteiger partial charge in [-0.1, -0.05) is 17.7 Å². The predicted octanol–water partition coefficient (Wildman–Crippen LogP) is 3.03. The molecule has 6 heteroatoms. The molecule has 5 nitrogen and oxygen atoms in total. The Balaban J connectivity index is 1.63. The lowest BCUT2D eigenvalue weighted by atomic mass is 10.2. The zero-order chi connectivity index (χ0) is 17.8. The second-order valence-electron chi connectivity index (χ2n) is 7.01. The van der Waals surface area contributed by atoms with E-state index in [0.717, 1.165) is 36.4 Å². The fourth-order valence-electron chi connectivity index (χ4n) is 3.60. The summed E-state index contributed by atoms with van der Waals surface area (Å²) in [6.07, 6.45) is 3.90. The minimum atomic E-state index is 0.459. The quantitative estimate of drug-likeness (QED) is 0.601. The fourth-order valence-corrected chi connectivity index (χ4v) is 3.76. The molecule has 1 heterocycles. The molecular formula is C19H29ClN4O. The van der Waals surface area contributed by atoms with Crippen LogP contribution in [0.1, 0.15) is 38.7 Å². The van der Waals surface area contributed by atoms with Gasteiger partial charge >= 0.3 is 0 Å². The van der Waals surface area contributed by atoms with Gasteiger partial charge in [0.25, 0.3) is 0 Å². The van der Waals surface area contributed by atoms with Crippen LogP contribution in [0, 0.1) is 0 Å². The van der Waals surface area contributed by atoms with E-state index in [1.807, 2.05) is 18.2 Å². The highest BCUT2D eigenvalue weighted by molar-refractivity contribution is 6.30. The summed E-state index contributed by atoms with van der Waals surface area (Å²) in [5.74, 6) is 1.65. The van der Waals surface area contributed by atoms with Crippen LogP contribution in [0.25, 0.3) is 0 Å². The number of hydrogen-bond acceptors (Lipinski definition) is 3. The number of ether oxygens (including phenoxy) is 1. The summed E-state index contributed by atoms with van der Waals surface area (Å²) >= 11 is 6.03. The van der Waals surface area contributed by atoms with Crippen LogP contribution < -0.4 is 15.4 Å². The van der Waals surface area contributed by atoms with E-state index in [2.05, 4.69) is 29.4 Å². The van der Waals surface area contributed by atoms with Crippen molar-refractivity contribution >= 4 is 17.6 Å². The van der Waals surface area contributed by atoms with E-state index in [0.29, 0.717) is 23.7 Å². The molecule has 2 atom stereocenters. The molecule has 2 N–H and O–H groups in total. The minimum Gasteiger partial charge on any atom is -0.496 e. The van der Waals surface area contributed by atoms with E-state index in [4.69, 9.17) is 21.3 Å². The lowest BCUT2D eigenvalue weighted by Gasteiger charge is -2.20. The minimum absolute atomic E-state index is 0.459. The number of aliphatic imine (C=N–C) groups is 1. The first kappa shape index (κ1) is 18.3. The van der Waals surface area contributed by atoms with Gasteiger partial charge in [-0.05, 0) is 45.2 Å². The molecule has 0 spiro atoms. The van der Waals surface area contributed by atoms with Crippen LogP contribution in [0.15, 0.2) is 23.2 Å². The van der Waals surface area contributed by atoms with Gasteiger partial charge in [-0.2, -0.15) is 0 Å². The Morgan fingerprint density at radius 2 is 2.20 bits per heavy atom. The highest BCUT2D eigenvalue weighted by Crippen LogP contribution is 2.33. The van der Waals surface area contributed by atoms with Crippen LogP contribution in [0.3, 0.4) is 0 Å². The molecule has 1 aromatic carbocycles. The number of methoxy groups -OCH3 is 1. The van der Waals surface area contributed by atoms with Gasteiger partial charge in [-0.25, -0.2) is 4.99 Å². The van der Waals surface area contributed by atoms with Crippen molar-refractivity contribution in [1.29, 1.82) is 0 Å². The van der Waals surface area contributed by atoms with Gasteiger partial charge in [0.1, 0.15) is 5.75 Å². The smallest absolute Gasteiger partial charge is 0.191 e. The highest BCUT2D eigenvalue weighted by Gasteiger charge is 2.38. The molecule has 1 aliphatic heterocycles. The number of rotatable bonds is 6. The summed E-state index contributed by atoms with van der Waals surface area (Å²) in [5, 5.41) is 7.64. The lowest BCUT2D eigenvalue weighted by molar-refractivity contribution is 0.256. The highest BCUT2D eigenvalue weighted by atomic mass is 35.5. The summed E-state index contributed by atoms with van der Waals surface area (Å²) in [6.45, 7) is 6.94. The molecule has 0 bridgehead atoms. The third kappa shape index (κ3) is 4.79. The molecule has 2 unspecified atom stereocenters. The molecule has 2 aliphatic rings. The summed E-state index contributed by atoms with van der Waals surface area (Å²) in [4.78, 5) is 7.39. The third-order valence-corrected chi connectivity index (χ3v) is 5.22. The SMILES string of the molecule is CCNC(=NCc1ccc(Cl)cc1OC)NC1CC(C)N(C2CC2)C1. The maximum Gasteiger partial charge on any atom is 0.191 e. The van der Waals surface area contributed by atoms with E-state index < -0.39 is 0 Å². The van der Waals surface area contributed by atoms with Crippen LogP contribution in [0.4, 0.5) is 0 Å². The van der Waals surface area contributed by atoms with Crippen LogP contribution in [0.5, 0.6) is 5.75 Å². The van der Waals surface area contributed by atoms with Gasteiger partial charge in [-0.3, -0.25) is 4.90 Å². The van der Waals surface area contributed by atoms with Crippen molar-refractivity contribution in [3.63, 3.8) is 0 Å². The third-order valence-electron chi connectivity index (χ3n) is 4.98. The average molecular weight is 365 g/mol. The topological polar surface area (TPSA) is 48.9 Å². The molecule has 25 heavy (non-hydrogen) atoms. The summed E-state index contributed by atoms with van der Waals surface area (Å²) in [5.41, 5.74) is 1.03. The number of likely N-dealkylation sites (tertiary alicyclic amines) is 1. The van der Waals surface area contributed by atoms with Crippen molar-refractivity contribution in [2.75, 3.05) is 20.2 Å². The van der Waals surface area contributed by atoms with E-state index >= 15 is 0 Å². The Morgan fingerprint density at radius 3 is 2.88 bits per heavy atom. The standard InChI is InChI=1S/C19H29ClN4O/c1-4-21-19(22-11-14-5-6-15(20)10-18(14)25-3)23-16-9-13(2)24(12-16)17-7-8-17/h5-6,10,13,16-17H,4,7-9,11-12H2,1-3H3,(H2,21,22,23). The van der Waals surface area contributed by atoms with Crippen LogP contribution in [0.2, 0.25) is 5.02 Å². The van der Waals surface area contributed by atoms with Crippen LogP contribution >= 0.6 is 11.6 Å². The molecule has 0 aromatic heterocycles. The van der Waals surface area contributed by atoms with Gasteiger partial charge in [0.2, 0.25) is 0 Å². The Hall–Kier alpha value is -1.46. The number of hydrogen-bond donors (Lipinski definition) is 2. The van der Waals surface area contributed by atoms with Crippen molar-refractivity contribution in [3.8, 4) is 5.75 Å². The number of benzene rings is 1. The normalized spacial score (nSPS) is 24.4. The molecule has 1 aliphatic carbocycles. The Kier molecular flexibility index (Phi) is 6.07. The molecule has 0 radical (unpaired) electrons. The van der Waals surface area contributed by atoms with Crippen molar-refractivity contribution in [3.05, 3.63) is 28.8 Å². The number of nitrogens with one attached hydrogen (secondary N) is 2. The average Bonchev–Trinajstić information content (AvgIpc) is 3.37. The largest absolute Gasteiger partial charge is 0.496 e. The van der Waals surface area contributed by atoms with Crippen molar-refractivity contribution in [1.82, 2.24) is 15.5 Å². The van der Waals surface area contributed by atoms with Gasteiger partial charge in [0.15, 0.2) is 5.96 Å². The molecule has 3 rings (SSSR count). The Morgan fingerprint density at radius 1 is 1.40 bits per heavy atom. The summed E-state index contributed by atoms with van der Waals surface area (Å²) in [7, 11) is 1.66. The zero-order valence-corrected chi connectivity index (χ0v) is 16.1.